The number of carbonyl (C=O) groups excluding carboxylic acids is 2. The monoisotopic (exact) mass is 373 g/mol. The van der Waals surface area contributed by atoms with Gasteiger partial charge in [-0.15, -0.1) is 0 Å². The van der Waals surface area contributed by atoms with Crippen LogP contribution in [0.15, 0.2) is 4.79 Å². The van der Waals surface area contributed by atoms with Crippen molar-refractivity contribution >= 4 is 22.8 Å². The summed E-state index contributed by atoms with van der Waals surface area (Å²) < 4.78 is 1.65. The molecule has 3 rings (SSSR count). The van der Waals surface area contributed by atoms with E-state index in [1.54, 1.807) is 16.6 Å². The summed E-state index contributed by atoms with van der Waals surface area (Å²) in [7, 11) is 1.79. The third-order valence-corrected chi connectivity index (χ3v) is 5.30. The van der Waals surface area contributed by atoms with Crippen LogP contribution in [0.2, 0.25) is 0 Å². The van der Waals surface area contributed by atoms with Gasteiger partial charge in [-0.25, -0.2) is 0 Å². The minimum Gasteiger partial charge on any atom is -0.347 e. The van der Waals surface area contributed by atoms with Crippen molar-refractivity contribution in [3.63, 3.8) is 0 Å². The quantitative estimate of drug-likeness (QED) is 0.815. The minimum atomic E-state index is -0.220. The molecule has 27 heavy (non-hydrogen) atoms. The summed E-state index contributed by atoms with van der Waals surface area (Å²) in [6, 6.07) is 0. The van der Waals surface area contributed by atoms with E-state index < -0.39 is 0 Å². The van der Waals surface area contributed by atoms with Gasteiger partial charge in [0, 0.05) is 37.5 Å². The zero-order valence-corrected chi connectivity index (χ0v) is 16.2. The van der Waals surface area contributed by atoms with E-state index in [-0.39, 0.29) is 30.3 Å². The number of likely N-dealkylation sites (tertiary alicyclic amines) is 1. The molecule has 8 nitrogen and oxygen atoms in total. The van der Waals surface area contributed by atoms with Crippen LogP contribution in [0.1, 0.15) is 42.5 Å². The van der Waals surface area contributed by atoms with Gasteiger partial charge >= 0.3 is 0 Å². The summed E-state index contributed by atoms with van der Waals surface area (Å²) in [4.78, 5) is 41.3. The largest absolute Gasteiger partial charge is 0.347 e. The molecule has 1 aliphatic heterocycles. The van der Waals surface area contributed by atoms with Crippen LogP contribution in [-0.2, 0) is 23.1 Å². The molecule has 1 saturated heterocycles. The van der Waals surface area contributed by atoms with Gasteiger partial charge in [-0.3, -0.25) is 19.1 Å². The predicted octanol–water partition coefficient (Wildman–Crippen LogP) is 0.940. The average Bonchev–Trinajstić information content (AvgIpc) is 2.93. The molecule has 2 aromatic heterocycles. The third kappa shape index (κ3) is 4.04. The number of H-pyrrole nitrogens is 1. The number of piperidine rings is 1. The van der Waals surface area contributed by atoms with Gasteiger partial charge in [0.25, 0.3) is 5.56 Å². The SMILES string of the molecule is Cc1nn(C)c2[nH]c(=O)c(CCC(=O)NCC(=O)N3CCCCC3)c(C)c12. The van der Waals surface area contributed by atoms with Crippen molar-refractivity contribution < 1.29 is 9.59 Å². The maximum atomic E-state index is 12.4. The van der Waals surface area contributed by atoms with E-state index in [9.17, 15) is 14.4 Å². The van der Waals surface area contributed by atoms with Crippen molar-refractivity contribution in [2.75, 3.05) is 19.6 Å². The van der Waals surface area contributed by atoms with Crippen molar-refractivity contribution in [3.8, 4) is 0 Å². The number of carbonyl (C=O) groups is 2. The summed E-state index contributed by atoms with van der Waals surface area (Å²) in [6.07, 6.45) is 3.71. The highest BCUT2D eigenvalue weighted by Crippen LogP contribution is 2.21. The zero-order valence-electron chi connectivity index (χ0n) is 16.2. The van der Waals surface area contributed by atoms with E-state index in [0.717, 1.165) is 49.0 Å². The second-order valence-electron chi connectivity index (χ2n) is 7.21. The van der Waals surface area contributed by atoms with E-state index >= 15 is 0 Å². The van der Waals surface area contributed by atoms with Crippen molar-refractivity contribution in [3.05, 3.63) is 27.2 Å². The van der Waals surface area contributed by atoms with Crippen LogP contribution in [0.25, 0.3) is 11.0 Å². The number of fused-ring (bicyclic) bond motifs is 1. The van der Waals surface area contributed by atoms with Crippen LogP contribution in [0.4, 0.5) is 0 Å². The molecule has 0 bridgehead atoms. The molecule has 0 aliphatic carbocycles. The van der Waals surface area contributed by atoms with E-state index in [1.807, 2.05) is 13.8 Å². The molecular weight excluding hydrogens is 346 g/mol. The van der Waals surface area contributed by atoms with Crippen LogP contribution in [-0.4, -0.2) is 51.1 Å². The molecule has 0 atom stereocenters. The summed E-state index contributed by atoms with van der Waals surface area (Å²) >= 11 is 0. The molecule has 0 unspecified atom stereocenters. The fourth-order valence-corrected chi connectivity index (χ4v) is 3.81. The summed E-state index contributed by atoms with van der Waals surface area (Å²) in [6.45, 7) is 5.35. The first-order valence-corrected chi connectivity index (χ1v) is 9.48. The molecule has 0 spiro atoms. The molecule has 8 heteroatoms. The highest BCUT2D eigenvalue weighted by molar-refractivity contribution is 5.85. The van der Waals surface area contributed by atoms with E-state index in [2.05, 4.69) is 15.4 Å². The predicted molar refractivity (Wildman–Crippen MR) is 103 cm³/mol. The number of amides is 2. The topological polar surface area (TPSA) is 100 Å². The van der Waals surface area contributed by atoms with Gasteiger partial charge in [0.1, 0.15) is 5.65 Å². The maximum Gasteiger partial charge on any atom is 0.253 e. The second-order valence-corrected chi connectivity index (χ2v) is 7.21. The second kappa shape index (κ2) is 7.94. The fourth-order valence-electron chi connectivity index (χ4n) is 3.81. The number of pyridine rings is 1. The highest BCUT2D eigenvalue weighted by Gasteiger charge is 2.18. The summed E-state index contributed by atoms with van der Waals surface area (Å²) in [5.41, 5.74) is 2.79. The summed E-state index contributed by atoms with van der Waals surface area (Å²) in [5.74, 6) is -0.258. The lowest BCUT2D eigenvalue weighted by molar-refractivity contribution is -0.133. The van der Waals surface area contributed by atoms with Gasteiger partial charge in [0.05, 0.1) is 12.2 Å². The lowest BCUT2D eigenvalue weighted by Gasteiger charge is -2.26. The number of aromatic amines is 1. The lowest BCUT2D eigenvalue weighted by Crippen LogP contribution is -2.42. The van der Waals surface area contributed by atoms with Crippen LogP contribution >= 0.6 is 0 Å². The molecule has 2 amide bonds. The fraction of sp³-hybridized carbons (Fsp3) is 0.579. The molecule has 0 radical (unpaired) electrons. The van der Waals surface area contributed by atoms with Crippen molar-refractivity contribution in [2.45, 2.75) is 46.0 Å². The first kappa shape index (κ1) is 19.1. The smallest absolute Gasteiger partial charge is 0.253 e. The van der Waals surface area contributed by atoms with Crippen molar-refractivity contribution in [1.82, 2.24) is 25.0 Å². The van der Waals surface area contributed by atoms with Gasteiger partial charge in [-0.05, 0) is 45.1 Å². The first-order chi connectivity index (χ1) is 12.9. The molecule has 2 N–H and O–H groups in total. The van der Waals surface area contributed by atoms with E-state index in [4.69, 9.17) is 0 Å². The minimum absolute atomic E-state index is 0.0227. The molecule has 2 aromatic rings. The lowest BCUT2D eigenvalue weighted by atomic mass is 10.0. The Kier molecular flexibility index (Phi) is 5.62. The Bertz CT molecular complexity index is 922. The molecule has 1 fully saturated rings. The van der Waals surface area contributed by atoms with Crippen molar-refractivity contribution in [1.29, 1.82) is 0 Å². The average molecular weight is 373 g/mol. The van der Waals surface area contributed by atoms with Crippen LogP contribution in [0.3, 0.4) is 0 Å². The standard InChI is InChI=1S/C19H27N5O3/c1-12-14(19(27)21-18-17(12)13(2)22-23(18)3)7-8-15(25)20-11-16(26)24-9-5-4-6-10-24/h4-11H2,1-3H3,(H,20,25)(H,21,27). The summed E-state index contributed by atoms with van der Waals surface area (Å²) in [5, 5.41) is 7.95. The molecular formula is C19H27N5O3. The molecule has 1 aliphatic rings. The Hall–Kier alpha value is -2.64. The number of hydrogen-bond donors (Lipinski definition) is 2. The molecule has 3 heterocycles. The van der Waals surface area contributed by atoms with Crippen molar-refractivity contribution in [2.24, 2.45) is 7.05 Å². The van der Waals surface area contributed by atoms with Crippen LogP contribution in [0.5, 0.6) is 0 Å². The Labute approximate surface area is 157 Å². The highest BCUT2D eigenvalue weighted by atomic mass is 16.2. The van der Waals surface area contributed by atoms with Crippen LogP contribution in [0, 0.1) is 13.8 Å². The number of hydrogen-bond acceptors (Lipinski definition) is 4. The Morgan fingerprint density at radius 2 is 1.89 bits per heavy atom. The zero-order chi connectivity index (χ0) is 19.6. The van der Waals surface area contributed by atoms with Gasteiger partial charge < -0.3 is 15.2 Å². The van der Waals surface area contributed by atoms with Crippen LogP contribution < -0.4 is 10.9 Å². The van der Waals surface area contributed by atoms with E-state index in [0.29, 0.717) is 17.6 Å². The first-order valence-electron chi connectivity index (χ1n) is 9.48. The number of nitrogens with zero attached hydrogens (tertiary/aromatic N) is 3. The van der Waals surface area contributed by atoms with Gasteiger partial charge in [-0.1, -0.05) is 0 Å². The molecule has 0 aromatic carbocycles. The van der Waals surface area contributed by atoms with Gasteiger partial charge in [-0.2, -0.15) is 5.10 Å². The Balaban J connectivity index is 1.61. The van der Waals surface area contributed by atoms with E-state index in [1.165, 1.54) is 0 Å². The maximum absolute atomic E-state index is 12.4. The Morgan fingerprint density at radius 3 is 2.59 bits per heavy atom. The Morgan fingerprint density at radius 1 is 1.19 bits per heavy atom. The molecule has 146 valence electrons. The number of rotatable bonds is 5. The number of nitrogens with one attached hydrogen (secondary N) is 2. The third-order valence-electron chi connectivity index (χ3n) is 5.30. The number of aromatic nitrogens is 3. The van der Waals surface area contributed by atoms with Gasteiger partial charge in [0.2, 0.25) is 11.8 Å². The van der Waals surface area contributed by atoms with Gasteiger partial charge in [0.15, 0.2) is 0 Å². The normalized spacial score (nSPS) is 14.6. The number of aryl methyl sites for hydroxylation is 3. The molecule has 0 saturated carbocycles.